The van der Waals surface area contributed by atoms with E-state index in [-0.39, 0.29) is 18.9 Å². The second kappa shape index (κ2) is 13.7. The summed E-state index contributed by atoms with van der Waals surface area (Å²) >= 11 is 0. The summed E-state index contributed by atoms with van der Waals surface area (Å²) < 4.78 is 5.29. The van der Waals surface area contributed by atoms with Crippen LogP contribution in [0, 0.1) is 12.5 Å². The van der Waals surface area contributed by atoms with E-state index in [1.54, 1.807) is 32.9 Å². The van der Waals surface area contributed by atoms with E-state index in [2.05, 4.69) is 16.7 Å². The maximum atomic E-state index is 13.7. The first-order valence-corrected chi connectivity index (χ1v) is 12.9. The standard InChI is InChI=1S/C28H40N4O5/c1-6-19-13-15-20(16-14-19)24(25(34)30-21-11-9-8-10-12-21)32(7-2)26(35)22(17-18-23(29)33)31-27(36)37-28(3,4)5/h2,13-16,21-22,24H,6,8-12,17-18H2,1,3-5H3,(H2,29,33)(H,30,34)(H,31,36). The first-order chi connectivity index (χ1) is 17.4. The number of rotatable bonds is 10. The molecule has 4 N–H and O–H groups in total. The van der Waals surface area contributed by atoms with E-state index in [9.17, 15) is 19.2 Å². The Kier molecular flexibility index (Phi) is 11.0. The minimum Gasteiger partial charge on any atom is -0.444 e. The molecule has 1 saturated carbocycles. The van der Waals surface area contributed by atoms with Gasteiger partial charge in [-0.1, -0.05) is 56.9 Å². The molecule has 0 spiro atoms. The number of nitrogens with zero attached hydrogens (tertiary/aromatic N) is 1. The number of carbonyl (C=O) groups is 4. The highest BCUT2D eigenvalue weighted by molar-refractivity contribution is 5.93. The third-order valence-corrected chi connectivity index (χ3v) is 6.21. The molecule has 0 radical (unpaired) electrons. The van der Waals surface area contributed by atoms with Gasteiger partial charge in [-0.15, -0.1) is 0 Å². The molecular formula is C28H40N4O5. The predicted octanol–water partition coefficient (Wildman–Crippen LogP) is 3.32. The number of primary amides is 1. The number of hydrogen-bond donors (Lipinski definition) is 3. The molecule has 0 saturated heterocycles. The highest BCUT2D eigenvalue weighted by Gasteiger charge is 2.36. The summed E-state index contributed by atoms with van der Waals surface area (Å²) in [4.78, 5) is 52.2. The van der Waals surface area contributed by atoms with Gasteiger partial charge in [-0.2, -0.15) is 0 Å². The van der Waals surface area contributed by atoms with Gasteiger partial charge in [-0.25, -0.2) is 4.79 Å². The Morgan fingerprint density at radius 1 is 1.14 bits per heavy atom. The van der Waals surface area contributed by atoms with Gasteiger partial charge in [-0.3, -0.25) is 19.3 Å². The van der Waals surface area contributed by atoms with Crippen molar-refractivity contribution in [3.05, 3.63) is 35.4 Å². The fraction of sp³-hybridized carbons (Fsp3) is 0.571. The molecule has 4 amide bonds. The third kappa shape index (κ3) is 9.45. The zero-order valence-corrected chi connectivity index (χ0v) is 22.3. The Morgan fingerprint density at radius 2 is 1.76 bits per heavy atom. The number of nitrogens with two attached hydrogens (primary N) is 1. The quantitative estimate of drug-likeness (QED) is 0.327. The molecule has 2 unspecified atom stereocenters. The van der Waals surface area contributed by atoms with E-state index >= 15 is 0 Å². The minimum atomic E-state index is -1.22. The Labute approximate surface area is 219 Å². The van der Waals surface area contributed by atoms with Crippen molar-refractivity contribution in [1.29, 1.82) is 0 Å². The van der Waals surface area contributed by atoms with Crippen molar-refractivity contribution >= 4 is 23.8 Å². The van der Waals surface area contributed by atoms with Crippen LogP contribution in [0.3, 0.4) is 0 Å². The van der Waals surface area contributed by atoms with Gasteiger partial charge < -0.3 is 21.1 Å². The van der Waals surface area contributed by atoms with Crippen LogP contribution >= 0.6 is 0 Å². The highest BCUT2D eigenvalue weighted by Crippen LogP contribution is 2.25. The fourth-order valence-corrected chi connectivity index (χ4v) is 4.31. The third-order valence-electron chi connectivity index (χ3n) is 6.21. The van der Waals surface area contributed by atoms with Gasteiger partial charge in [0, 0.05) is 18.5 Å². The fourth-order valence-electron chi connectivity index (χ4n) is 4.31. The molecule has 1 aliphatic carbocycles. The summed E-state index contributed by atoms with van der Waals surface area (Å²) in [5.74, 6) is -1.75. The van der Waals surface area contributed by atoms with Gasteiger partial charge in [0.2, 0.25) is 11.8 Å². The van der Waals surface area contributed by atoms with Crippen molar-refractivity contribution in [3.8, 4) is 12.5 Å². The molecule has 37 heavy (non-hydrogen) atoms. The summed E-state index contributed by atoms with van der Waals surface area (Å²) in [5, 5.41) is 5.56. The number of aryl methyl sites for hydroxylation is 1. The lowest BCUT2D eigenvalue weighted by molar-refractivity contribution is -0.139. The van der Waals surface area contributed by atoms with E-state index in [1.165, 1.54) is 0 Å². The molecule has 0 heterocycles. The van der Waals surface area contributed by atoms with Crippen molar-refractivity contribution in [2.45, 2.75) is 103 Å². The van der Waals surface area contributed by atoms with E-state index in [4.69, 9.17) is 16.9 Å². The Bertz CT molecular complexity index is 987. The van der Waals surface area contributed by atoms with E-state index in [0.29, 0.717) is 5.56 Å². The van der Waals surface area contributed by atoms with Crippen molar-refractivity contribution in [1.82, 2.24) is 15.5 Å². The molecule has 0 aliphatic heterocycles. The number of alkyl carbamates (subject to hydrolysis) is 1. The summed E-state index contributed by atoms with van der Waals surface area (Å²) in [5.41, 5.74) is 6.10. The van der Waals surface area contributed by atoms with Crippen LogP contribution in [0.2, 0.25) is 0 Å². The molecule has 1 aliphatic rings. The van der Waals surface area contributed by atoms with Crippen LogP contribution in [0.5, 0.6) is 0 Å². The lowest BCUT2D eigenvalue weighted by Gasteiger charge is -2.32. The molecule has 2 rings (SSSR count). The Hall–Kier alpha value is -3.54. The van der Waals surface area contributed by atoms with Crippen LogP contribution in [0.15, 0.2) is 24.3 Å². The molecule has 0 bridgehead atoms. The number of hydrogen-bond acceptors (Lipinski definition) is 5. The topological polar surface area (TPSA) is 131 Å². The van der Waals surface area contributed by atoms with E-state index < -0.39 is 41.5 Å². The molecule has 2 atom stereocenters. The predicted molar refractivity (Wildman–Crippen MR) is 141 cm³/mol. The van der Waals surface area contributed by atoms with Gasteiger partial charge in [0.25, 0.3) is 5.91 Å². The molecule has 202 valence electrons. The number of benzene rings is 1. The van der Waals surface area contributed by atoms with Crippen LogP contribution in [0.4, 0.5) is 4.79 Å². The van der Waals surface area contributed by atoms with Gasteiger partial charge in [0.1, 0.15) is 17.7 Å². The summed E-state index contributed by atoms with van der Waals surface area (Å²) in [6, 6.07) is 7.34. The normalized spacial score (nSPS) is 15.5. The average molecular weight is 513 g/mol. The van der Waals surface area contributed by atoms with Gasteiger partial charge in [-0.05, 0) is 57.6 Å². The van der Waals surface area contributed by atoms with Gasteiger partial charge in [0.05, 0.1) is 0 Å². The molecule has 1 aromatic carbocycles. The molecule has 1 fully saturated rings. The summed E-state index contributed by atoms with van der Waals surface area (Å²) in [6.45, 7) is 7.08. The Morgan fingerprint density at radius 3 is 2.27 bits per heavy atom. The second-order valence-corrected chi connectivity index (χ2v) is 10.4. The van der Waals surface area contributed by atoms with E-state index in [1.807, 2.05) is 19.1 Å². The van der Waals surface area contributed by atoms with Crippen LogP contribution in [-0.2, 0) is 25.5 Å². The molecule has 1 aromatic rings. The first kappa shape index (κ1) is 29.7. The van der Waals surface area contributed by atoms with Gasteiger partial charge >= 0.3 is 6.09 Å². The number of ether oxygens (including phenoxy) is 1. The van der Waals surface area contributed by atoms with Crippen LogP contribution in [0.25, 0.3) is 0 Å². The zero-order chi connectivity index (χ0) is 27.6. The molecule has 9 heteroatoms. The van der Waals surface area contributed by atoms with Crippen molar-refractivity contribution in [2.24, 2.45) is 5.73 Å². The van der Waals surface area contributed by atoms with Crippen molar-refractivity contribution in [2.75, 3.05) is 0 Å². The maximum Gasteiger partial charge on any atom is 0.408 e. The van der Waals surface area contributed by atoms with Crippen molar-refractivity contribution < 1.29 is 23.9 Å². The summed E-state index contributed by atoms with van der Waals surface area (Å²) in [7, 11) is 0. The second-order valence-electron chi connectivity index (χ2n) is 10.4. The highest BCUT2D eigenvalue weighted by atomic mass is 16.6. The largest absolute Gasteiger partial charge is 0.444 e. The zero-order valence-electron chi connectivity index (χ0n) is 22.3. The summed E-state index contributed by atoms with van der Waals surface area (Å²) in [6.07, 6.45) is 10.4. The molecule has 9 nitrogen and oxygen atoms in total. The smallest absolute Gasteiger partial charge is 0.408 e. The molecular weight excluding hydrogens is 472 g/mol. The average Bonchev–Trinajstić information content (AvgIpc) is 2.84. The van der Waals surface area contributed by atoms with Crippen LogP contribution in [-0.4, -0.2) is 46.4 Å². The number of amides is 4. The lowest BCUT2D eigenvalue weighted by atomic mass is 9.94. The number of carbonyl (C=O) groups excluding carboxylic acids is 4. The minimum absolute atomic E-state index is 0.000983. The van der Waals surface area contributed by atoms with Crippen LogP contribution < -0.4 is 16.4 Å². The first-order valence-electron chi connectivity index (χ1n) is 12.9. The monoisotopic (exact) mass is 512 g/mol. The van der Waals surface area contributed by atoms with Gasteiger partial charge in [0.15, 0.2) is 0 Å². The number of nitrogens with one attached hydrogen (secondary N) is 2. The van der Waals surface area contributed by atoms with Crippen LogP contribution in [0.1, 0.15) is 89.8 Å². The SMILES string of the molecule is C#CN(C(=O)C(CCC(N)=O)NC(=O)OC(C)(C)C)C(C(=O)NC1CCCCC1)c1ccc(CC)cc1. The number of terminal acetylenes is 1. The molecule has 0 aromatic heterocycles. The lowest BCUT2D eigenvalue weighted by Crippen LogP contribution is -2.52. The van der Waals surface area contributed by atoms with Crippen molar-refractivity contribution in [3.63, 3.8) is 0 Å². The maximum absolute atomic E-state index is 13.7. The van der Waals surface area contributed by atoms with E-state index in [0.717, 1.165) is 49.0 Å². The Balaban J connectivity index is 2.39.